The molecule has 32 heavy (non-hydrogen) atoms. The number of nitrogens with zero attached hydrogens (tertiary/aromatic N) is 1. The number of likely N-dealkylation sites (tertiary alicyclic amines) is 1. The second kappa shape index (κ2) is 7.42. The first kappa shape index (κ1) is 21.2. The lowest BCUT2D eigenvalue weighted by molar-refractivity contribution is -0.142. The Kier molecular flexibility index (Phi) is 4.91. The molecular formula is C25H26ClN3O3. The van der Waals surface area contributed by atoms with Gasteiger partial charge >= 0.3 is 0 Å². The number of carbonyl (C=O) groups is 3. The molecule has 4 atom stereocenters. The van der Waals surface area contributed by atoms with Gasteiger partial charge in [0.15, 0.2) is 0 Å². The van der Waals surface area contributed by atoms with Crippen LogP contribution in [0.5, 0.6) is 0 Å². The zero-order chi connectivity index (χ0) is 22.8. The molecule has 166 valence electrons. The van der Waals surface area contributed by atoms with Crippen LogP contribution in [-0.2, 0) is 26.3 Å². The summed E-state index contributed by atoms with van der Waals surface area (Å²) < 4.78 is 0. The summed E-state index contributed by atoms with van der Waals surface area (Å²) in [6.07, 6.45) is 0.582. The number of fused-ring (bicyclic) bond motifs is 4. The molecule has 5 rings (SSSR count). The largest absolute Gasteiger partial charge is 0.323 e. The van der Waals surface area contributed by atoms with Gasteiger partial charge in [-0.1, -0.05) is 61.8 Å². The summed E-state index contributed by atoms with van der Waals surface area (Å²) in [4.78, 5) is 42.1. The number of benzene rings is 2. The van der Waals surface area contributed by atoms with E-state index < -0.39 is 17.4 Å². The second-order valence-electron chi connectivity index (χ2n) is 9.41. The Morgan fingerprint density at radius 1 is 1.09 bits per heavy atom. The lowest BCUT2D eigenvalue weighted by Gasteiger charge is -2.30. The van der Waals surface area contributed by atoms with Gasteiger partial charge in [-0.15, -0.1) is 0 Å². The predicted molar refractivity (Wildman–Crippen MR) is 122 cm³/mol. The molecule has 0 bridgehead atoms. The second-order valence-corrected chi connectivity index (χ2v) is 9.82. The highest BCUT2D eigenvalue weighted by molar-refractivity contribution is 6.35. The molecule has 3 amide bonds. The maximum atomic E-state index is 13.7. The average molecular weight is 452 g/mol. The molecule has 0 unspecified atom stereocenters. The Balaban J connectivity index is 1.58. The molecule has 3 heterocycles. The smallest absolute Gasteiger partial charge is 0.250 e. The number of imide groups is 1. The van der Waals surface area contributed by atoms with Gasteiger partial charge in [0, 0.05) is 18.2 Å². The van der Waals surface area contributed by atoms with Crippen molar-refractivity contribution in [2.75, 3.05) is 11.9 Å². The topological polar surface area (TPSA) is 78.5 Å². The Morgan fingerprint density at radius 2 is 1.81 bits per heavy atom. The van der Waals surface area contributed by atoms with E-state index in [4.69, 9.17) is 11.6 Å². The molecular weight excluding hydrogens is 426 g/mol. The van der Waals surface area contributed by atoms with Gasteiger partial charge in [-0.05, 0) is 36.5 Å². The van der Waals surface area contributed by atoms with E-state index in [0.717, 1.165) is 11.1 Å². The van der Waals surface area contributed by atoms with E-state index in [-0.39, 0.29) is 29.7 Å². The van der Waals surface area contributed by atoms with Crippen LogP contribution in [0.25, 0.3) is 0 Å². The van der Waals surface area contributed by atoms with Crippen LogP contribution < -0.4 is 10.6 Å². The van der Waals surface area contributed by atoms with Crippen molar-refractivity contribution in [1.29, 1.82) is 0 Å². The van der Waals surface area contributed by atoms with E-state index >= 15 is 0 Å². The van der Waals surface area contributed by atoms with Crippen molar-refractivity contribution in [2.24, 2.45) is 17.8 Å². The first-order valence-corrected chi connectivity index (χ1v) is 11.4. The summed E-state index contributed by atoms with van der Waals surface area (Å²) in [6.45, 7) is 6.23. The van der Waals surface area contributed by atoms with Gasteiger partial charge in [-0.2, -0.15) is 0 Å². The van der Waals surface area contributed by atoms with Crippen LogP contribution in [0.2, 0.25) is 5.02 Å². The summed E-state index contributed by atoms with van der Waals surface area (Å²) in [6, 6.07) is 13.2. The van der Waals surface area contributed by atoms with E-state index in [2.05, 4.69) is 10.6 Å². The van der Waals surface area contributed by atoms with E-state index in [9.17, 15) is 14.4 Å². The van der Waals surface area contributed by atoms with Crippen LogP contribution in [0.15, 0.2) is 42.5 Å². The van der Waals surface area contributed by atoms with Gasteiger partial charge in [-0.3, -0.25) is 24.6 Å². The van der Waals surface area contributed by atoms with Crippen molar-refractivity contribution in [3.05, 3.63) is 64.2 Å². The number of rotatable bonds is 4. The van der Waals surface area contributed by atoms with Crippen LogP contribution in [0.4, 0.5) is 5.69 Å². The molecule has 0 saturated carbocycles. The number of halogens is 1. The van der Waals surface area contributed by atoms with Gasteiger partial charge in [0.2, 0.25) is 17.7 Å². The van der Waals surface area contributed by atoms with Crippen LogP contribution in [0.1, 0.15) is 30.5 Å². The standard InChI is InChI=1S/C25H26ClN3O3/c1-13(2)20-18-19(23(31)29(22(18)30)10-9-15-7-5-4-6-8-15)25(28-20)16-11-14(3)12-17(26)21(16)27-24(25)32/h4-8,11-13,18-20,28H,9-10H2,1-3H3,(H,27,32)/t18-,19+,20-,25+/m0/s1. The summed E-state index contributed by atoms with van der Waals surface area (Å²) in [5.41, 5.74) is 1.86. The lowest BCUT2D eigenvalue weighted by Crippen LogP contribution is -2.54. The molecule has 3 aliphatic rings. The van der Waals surface area contributed by atoms with E-state index in [0.29, 0.717) is 29.2 Å². The average Bonchev–Trinajstić information content (AvgIpc) is 3.34. The van der Waals surface area contributed by atoms with Crippen molar-refractivity contribution in [1.82, 2.24) is 10.2 Å². The molecule has 2 aromatic rings. The molecule has 2 fully saturated rings. The zero-order valence-corrected chi connectivity index (χ0v) is 19.1. The highest BCUT2D eigenvalue weighted by Gasteiger charge is 2.70. The molecule has 2 saturated heterocycles. The molecule has 2 aromatic carbocycles. The third-order valence-corrected chi connectivity index (χ3v) is 7.43. The van der Waals surface area contributed by atoms with Gasteiger partial charge in [0.05, 0.1) is 22.5 Å². The fraction of sp³-hybridized carbons (Fsp3) is 0.400. The first-order valence-electron chi connectivity index (χ1n) is 11.0. The minimum absolute atomic E-state index is 0.0600. The van der Waals surface area contributed by atoms with Crippen LogP contribution in [0, 0.1) is 24.7 Å². The van der Waals surface area contributed by atoms with Crippen molar-refractivity contribution in [3.63, 3.8) is 0 Å². The maximum Gasteiger partial charge on any atom is 0.250 e. The SMILES string of the molecule is Cc1cc(Cl)c2c(c1)[C@]1(N[C@@H](C(C)C)[C@H]3C(=O)N(CCc4ccccc4)C(=O)[C@@H]31)C(=O)N2. The van der Waals surface area contributed by atoms with Gasteiger partial charge in [0.25, 0.3) is 0 Å². The van der Waals surface area contributed by atoms with Crippen LogP contribution in [-0.4, -0.2) is 35.2 Å². The lowest BCUT2D eigenvalue weighted by atomic mass is 9.75. The predicted octanol–water partition coefficient (Wildman–Crippen LogP) is 3.27. The molecule has 0 aromatic heterocycles. The van der Waals surface area contributed by atoms with Gasteiger partial charge in [0.1, 0.15) is 5.54 Å². The molecule has 6 nitrogen and oxygen atoms in total. The van der Waals surface area contributed by atoms with E-state index in [1.54, 1.807) is 6.07 Å². The Labute approximate surface area is 192 Å². The number of anilines is 1. The number of hydrogen-bond donors (Lipinski definition) is 2. The van der Waals surface area contributed by atoms with E-state index in [1.165, 1.54) is 4.90 Å². The number of hydrogen-bond acceptors (Lipinski definition) is 4. The molecule has 1 spiro atoms. The number of carbonyl (C=O) groups excluding carboxylic acids is 3. The maximum absolute atomic E-state index is 13.7. The highest BCUT2D eigenvalue weighted by Crippen LogP contribution is 2.55. The minimum Gasteiger partial charge on any atom is -0.323 e. The highest BCUT2D eigenvalue weighted by atomic mass is 35.5. The Hall–Kier alpha value is -2.70. The third kappa shape index (κ3) is 2.86. The summed E-state index contributed by atoms with van der Waals surface area (Å²) in [7, 11) is 0. The van der Waals surface area contributed by atoms with Crippen LogP contribution >= 0.6 is 11.6 Å². The Bertz CT molecular complexity index is 1130. The van der Waals surface area contributed by atoms with Crippen molar-refractivity contribution in [3.8, 4) is 0 Å². The van der Waals surface area contributed by atoms with Crippen molar-refractivity contribution < 1.29 is 14.4 Å². The zero-order valence-electron chi connectivity index (χ0n) is 18.3. The fourth-order valence-electron chi connectivity index (χ4n) is 5.66. The summed E-state index contributed by atoms with van der Waals surface area (Å²) in [5, 5.41) is 6.77. The number of aryl methyl sites for hydroxylation is 1. The van der Waals surface area contributed by atoms with Gasteiger partial charge in [-0.25, -0.2) is 0 Å². The Morgan fingerprint density at radius 3 is 2.50 bits per heavy atom. The third-order valence-electron chi connectivity index (χ3n) is 7.13. The summed E-state index contributed by atoms with van der Waals surface area (Å²) in [5.74, 6) is -2.12. The quantitative estimate of drug-likeness (QED) is 0.699. The van der Waals surface area contributed by atoms with Crippen LogP contribution in [0.3, 0.4) is 0 Å². The minimum atomic E-state index is -1.29. The monoisotopic (exact) mass is 451 g/mol. The molecule has 7 heteroatoms. The van der Waals surface area contributed by atoms with E-state index in [1.807, 2.05) is 57.2 Å². The fourth-order valence-corrected chi connectivity index (χ4v) is 5.99. The molecule has 0 radical (unpaired) electrons. The normalized spacial score (nSPS) is 28.6. The molecule has 3 aliphatic heterocycles. The number of nitrogens with one attached hydrogen (secondary N) is 2. The summed E-state index contributed by atoms with van der Waals surface area (Å²) >= 11 is 6.45. The molecule has 0 aliphatic carbocycles. The van der Waals surface area contributed by atoms with Crippen molar-refractivity contribution >= 4 is 35.0 Å². The number of amides is 3. The first-order chi connectivity index (χ1) is 15.3. The van der Waals surface area contributed by atoms with Crippen molar-refractivity contribution in [2.45, 2.75) is 38.8 Å². The van der Waals surface area contributed by atoms with Gasteiger partial charge < -0.3 is 5.32 Å². The molecule has 2 N–H and O–H groups in total.